The number of halogens is 1. The van der Waals surface area contributed by atoms with E-state index in [4.69, 9.17) is 11.6 Å². The van der Waals surface area contributed by atoms with Crippen molar-refractivity contribution >= 4 is 28.4 Å². The molecule has 0 fully saturated rings. The molecule has 0 aliphatic rings. The zero-order valence-corrected chi connectivity index (χ0v) is 10.3. The quantitative estimate of drug-likeness (QED) is 0.576. The van der Waals surface area contributed by atoms with Crippen LogP contribution in [0.3, 0.4) is 0 Å². The van der Waals surface area contributed by atoms with Crippen LogP contribution in [0.4, 0.5) is 0 Å². The van der Waals surface area contributed by atoms with E-state index < -0.39 is 0 Å². The molecule has 0 radical (unpaired) electrons. The summed E-state index contributed by atoms with van der Waals surface area (Å²) in [5, 5.41) is 4.68. The summed E-state index contributed by atoms with van der Waals surface area (Å²) in [6, 6.07) is 7.52. The standard InChI is InChI=1S/C12H7ClN6/c13-8-4-2-1-3-7(8)10-17-9-11(18-10)15-6-19-12(9)14-5-16-19/h1-6H,(H,17,18). The van der Waals surface area contributed by atoms with E-state index in [1.165, 1.54) is 6.33 Å². The summed E-state index contributed by atoms with van der Waals surface area (Å²) in [6.07, 6.45) is 3.06. The van der Waals surface area contributed by atoms with Crippen molar-refractivity contribution < 1.29 is 0 Å². The molecule has 0 amide bonds. The fraction of sp³-hybridized carbons (Fsp3) is 0. The molecule has 19 heavy (non-hydrogen) atoms. The molecule has 0 atom stereocenters. The molecule has 1 N–H and O–H groups in total. The largest absolute Gasteiger partial charge is 0.333 e. The number of benzene rings is 1. The second-order valence-corrected chi connectivity index (χ2v) is 4.44. The molecular formula is C12H7ClN6. The second-order valence-electron chi connectivity index (χ2n) is 4.04. The lowest BCUT2D eigenvalue weighted by molar-refractivity contribution is 0.931. The summed E-state index contributed by atoms with van der Waals surface area (Å²) < 4.78 is 1.59. The number of hydrogen-bond donors (Lipinski definition) is 1. The van der Waals surface area contributed by atoms with Crippen LogP contribution in [-0.4, -0.2) is 29.5 Å². The molecule has 0 aliphatic heterocycles. The molecule has 0 bridgehead atoms. The Balaban J connectivity index is 2.04. The highest BCUT2D eigenvalue weighted by molar-refractivity contribution is 6.33. The minimum Gasteiger partial charge on any atom is -0.333 e. The van der Waals surface area contributed by atoms with Gasteiger partial charge in [-0.25, -0.2) is 19.5 Å². The van der Waals surface area contributed by atoms with Gasteiger partial charge in [0, 0.05) is 5.56 Å². The Morgan fingerprint density at radius 3 is 2.95 bits per heavy atom. The van der Waals surface area contributed by atoms with Gasteiger partial charge in [0.15, 0.2) is 11.3 Å². The SMILES string of the molecule is Clc1ccccc1-c1nc2ncn3ncnc3c2[nH]1. The van der Waals surface area contributed by atoms with Gasteiger partial charge in [-0.1, -0.05) is 23.7 Å². The molecule has 0 saturated heterocycles. The molecule has 0 aliphatic carbocycles. The van der Waals surface area contributed by atoms with Crippen molar-refractivity contribution in [3.05, 3.63) is 41.9 Å². The van der Waals surface area contributed by atoms with Crippen LogP contribution in [-0.2, 0) is 0 Å². The van der Waals surface area contributed by atoms with Crippen molar-refractivity contribution in [1.82, 2.24) is 29.5 Å². The molecule has 92 valence electrons. The molecule has 1 aromatic carbocycles. The van der Waals surface area contributed by atoms with E-state index in [1.807, 2.05) is 24.3 Å². The number of aromatic nitrogens is 6. The third-order valence-corrected chi connectivity index (χ3v) is 3.23. The number of aromatic amines is 1. The molecule has 6 nitrogen and oxygen atoms in total. The summed E-state index contributed by atoms with van der Waals surface area (Å²) in [4.78, 5) is 16.1. The predicted molar refractivity (Wildman–Crippen MR) is 70.9 cm³/mol. The number of nitrogens with one attached hydrogen (secondary N) is 1. The van der Waals surface area contributed by atoms with Crippen LogP contribution < -0.4 is 0 Å². The van der Waals surface area contributed by atoms with Gasteiger partial charge < -0.3 is 4.98 Å². The Morgan fingerprint density at radius 2 is 2.05 bits per heavy atom. The lowest BCUT2D eigenvalue weighted by atomic mass is 10.2. The summed E-state index contributed by atoms with van der Waals surface area (Å²) in [5.74, 6) is 0.671. The van der Waals surface area contributed by atoms with Crippen molar-refractivity contribution in [3.63, 3.8) is 0 Å². The number of H-pyrrole nitrogens is 1. The van der Waals surface area contributed by atoms with E-state index in [9.17, 15) is 0 Å². The zero-order valence-electron chi connectivity index (χ0n) is 9.58. The van der Waals surface area contributed by atoms with Gasteiger partial charge in [-0.05, 0) is 12.1 Å². The topological polar surface area (TPSA) is 71.8 Å². The van der Waals surface area contributed by atoms with Crippen LogP contribution in [0.15, 0.2) is 36.9 Å². The van der Waals surface area contributed by atoms with Gasteiger partial charge in [-0.2, -0.15) is 5.10 Å². The van der Waals surface area contributed by atoms with Crippen LogP contribution >= 0.6 is 11.6 Å². The summed E-state index contributed by atoms with van der Waals surface area (Å²) >= 11 is 6.17. The molecule has 4 aromatic rings. The van der Waals surface area contributed by atoms with Crippen molar-refractivity contribution in [1.29, 1.82) is 0 Å². The smallest absolute Gasteiger partial charge is 0.184 e. The Morgan fingerprint density at radius 1 is 1.16 bits per heavy atom. The highest BCUT2D eigenvalue weighted by Crippen LogP contribution is 2.27. The molecule has 0 spiro atoms. The predicted octanol–water partition coefficient (Wildman–Crippen LogP) is 2.32. The number of imidazole rings is 1. The summed E-state index contributed by atoms with van der Waals surface area (Å²) in [7, 11) is 0. The first-order chi connectivity index (χ1) is 9.33. The Bertz CT molecular complexity index is 893. The van der Waals surface area contributed by atoms with E-state index in [-0.39, 0.29) is 0 Å². The minimum absolute atomic E-state index is 0.593. The van der Waals surface area contributed by atoms with E-state index in [1.54, 1.807) is 10.8 Å². The van der Waals surface area contributed by atoms with E-state index in [2.05, 4.69) is 25.0 Å². The average Bonchev–Trinajstić information content (AvgIpc) is 3.04. The fourth-order valence-corrected chi connectivity index (χ4v) is 2.24. The first kappa shape index (κ1) is 10.5. The third kappa shape index (κ3) is 1.50. The molecule has 4 rings (SSSR count). The number of rotatable bonds is 1. The lowest BCUT2D eigenvalue weighted by Gasteiger charge is -1.98. The summed E-state index contributed by atoms with van der Waals surface area (Å²) in [5.41, 5.74) is 2.86. The van der Waals surface area contributed by atoms with Gasteiger partial charge in [0.25, 0.3) is 0 Å². The van der Waals surface area contributed by atoms with Gasteiger partial charge in [0.1, 0.15) is 24.0 Å². The molecule has 3 aromatic heterocycles. The van der Waals surface area contributed by atoms with Gasteiger partial charge in [0.05, 0.1) is 5.02 Å². The van der Waals surface area contributed by atoms with Crippen molar-refractivity contribution in [2.75, 3.05) is 0 Å². The lowest BCUT2D eigenvalue weighted by Crippen LogP contribution is -1.90. The van der Waals surface area contributed by atoms with Crippen LogP contribution in [0, 0.1) is 0 Å². The van der Waals surface area contributed by atoms with E-state index >= 15 is 0 Å². The number of fused-ring (bicyclic) bond motifs is 3. The Labute approximate surface area is 112 Å². The maximum Gasteiger partial charge on any atom is 0.184 e. The number of nitrogens with zero attached hydrogens (tertiary/aromatic N) is 5. The van der Waals surface area contributed by atoms with Crippen LogP contribution in [0.25, 0.3) is 28.2 Å². The molecule has 0 unspecified atom stereocenters. The second kappa shape index (κ2) is 3.76. The van der Waals surface area contributed by atoms with E-state index in [0.717, 1.165) is 11.1 Å². The monoisotopic (exact) mass is 270 g/mol. The van der Waals surface area contributed by atoms with Crippen LogP contribution in [0.1, 0.15) is 0 Å². The summed E-state index contributed by atoms with van der Waals surface area (Å²) in [6.45, 7) is 0. The van der Waals surface area contributed by atoms with Gasteiger partial charge in [0.2, 0.25) is 0 Å². The van der Waals surface area contributed by atoms with Crippen molar-refractivity contribution in [3.8, 4) is 11.4 Å². The molecule has 3 heterocycles. The zero-order chi connectivity index (χ0) is 12.8. The number of hydrogen-bond acceptors (Lipinski definition) is 4. The first-order valence-electron chi connectivity index (χ1n) is 5.62. The van der Waals surface area contributed by atoms with Crippen LogP contribution in [0.2, 0.25) is 5.02 Å². The maximum absolute atomic E-state index is 6.17. The molecule has 0 saturated carbocycles. The normalized spacial score (nSPS) is 11.4. The molecule has 7 heteroatoms. The first-order valence-corrected chi connectivity index (χ1v) is 6.00. The Kier molecular flexibility index (Phi) is 2.07. The maximum atomic E-state index is 6.17. The van der Waals surface area contributed by atoms with Crippen LogP contribution in [0.5, 0.6) is 0 Å². The van der Waals surface area contributed by atoms with Gasteiger partial charge in [-0.15, -0.1) is 0 Å². The highest BCUT2D eigenvalue weighted by atomic mass is 35.5. The van der Waals surface area contributed by atoms with E-state index in [0.29, 0.717) is 22.1 Å². The van der Waals surface area contributed by atoms with Gasteiger partial charge in [-0.3, -0.25) is 0 Å². The van der Waals surface area contributed by atoms with Crippen molar-refractivity contribution in [2.45, 2.75) is 0 Å². The fourth-order valence-electron chi connectivity index (χ4n) is 2.02. The van der Waals surface area contributed by atoms with Crippen molar-refractivity contribution in [2.24, 2.45) is 0 Å². The third-order valence-electron chi connectivity index (χ3n) is 2.90. The minimum atomic E-state index is 0.593. The average molecular weight is 271 g/mol. The molecular weight excluding hydrogens is 264 g/mol. The highest BCUT2D eigenvalue weighted by Gasteiger charge is 2.12. The Hall–Kier alpha value is -2.47. The van der Waals surface area contributed by atoms with Gasteiger partial charge >= 0.3 is 0 Å².